The van der Waals surface area contributed by atoms with E-state index in [9.17, 15) is 4.79 Å². The van der Waals surface area contributed by atoms with Gasteiger partial charge in [-0.3, -0.25) is 0 Å². The lowest BCUT2D eigenvalue weighted by Gasteiger charge is -2.17. The molecule has 0 radical (unpaired) electrons. The third kappa shape index (κ3) is 2.26. The fraction of sp³-hybridized carbons (Fsp3) is 0.667. The number of rotatable bonds is 2. The molecule has 0 aromatic heterocycles. The Balaban J connectivity index is 2.39. The molecule has 3 heteroatoms. The van der Waals surface area contributed by atoms with Gasteiger partial charge in [0.1, 0.15) is 0 Å². The second-order valence-electron chi connectivity index (χ2n) is 3.07. The zero-order valence-corrected chi connectivity index (χ0v) is 7.62. The van der Waals surface area contributed by atoms with Crippen LogP contribution in [0.2, 0.25) is 0 Å². The van der Waals surface area contributed by atoms with E-state index in [0.717, 1.165) is 6.54 Å². The molecule has 1 aliphatic heterocycles. The monoisotopic (exact) mass is 169 g/mol. The van der Waals surface area contributed by atoms with Gasteiger partial charge in [-0.2, -0.15) is 0 Å². The molecule has 0 saturated carbocycles. The van der Waals surface area contributed by atoms with Crippen molar-refractivity contribution in [3.05, 3.63) is 12.3 Å². The molecule has 1 fully saturated rings. The van der Waals surface area contributed by atoms with Crippen LogP contribution in [0.25, 0.3) is 0 Å². The lowest BCUT2D eigenvalue weighted by Crippen LogP contribution is -2.20. The van der Waals surface area contributed by atoms with Gasteiger partial charge in [-0.15, -0.1) is 0 Å². The van der Waals surface area contributed by atoms with Crippen LogP contribution in [0.1, 0.15) is 19.8 Å². The molecule has 0 aliphatic carbocycles. The summed E-state index contributed by atoms with van der Waals surface area (Å²) in [7, 11) is 1.39. The first-order valence-electron chi connectivity index (χ1n) is 4.26. The highest BCUT2D eigenvalue weighted by Crippen LogP contribution is 2.16. The summed E-state index contributed by atoms with van der Waals surface area (Å²) in [6, 6.07) is 0.561. The Morgan fingerprint density at radius 2 is 2.42 bits per heavy atom. The van der Waals surface area contributed by atoms with Gasteiger partial charge in [0.2, 0.25) is 0 Å². The summed E-state index contributed by atoms with van der Waals surface area (Å²) in [5, 5.41) is 0. The van der Waals surface area contributed by atoms with Gasteiger partial charge >= 0.3 is 5.97 Å². The molecule has 1 aliphatic rings. The number of carbonyl (C=O) groups is 1. The summed E-state index contributed by atoms with van der Waals surface area (Å²) in [5.74, 6) is -0.283. The van der Waals surface area contributed by atoms with Gasteiger partial charge in [-0.1, -0.05) is 0 Å². The fourth-order valence-electron chi connectivity index (χ4n) is 1.40. The standard InChI is InChI=1S/C9H15NO2/c1-8-4-3-6-10(8)7-5-9(11)12-2/h5,7-8H,3-4,6H2,1-2H3. The van der Waals surface area contributed by atoms with Gasteiger partial charge in [0.25, 0.3) is 0 Å². The minimum absolute atomic E-state index is 0.283. The molecule has 0 amide bonds. The lowest BCUT2D eigenvalue weighted by molar-refractivity contribution is -0.134. The second-order valence-corrected chi connectivity index (χ2v) is 3.07. The number of esters is 1. The van der Waals surface area contributed by atoms with E-state index in [4.69, 9.17) is 0 Å². The average molecular weight is 169 g/mol. The Morgan fingerprint density at radius 1 is 1.67 bits per heavy atom. The van der Waals surface area contributed by atoms with Gasteiger partial charge in [-0.05, 0) is 19.8 Å². The molecule has 1 heterocycles. The SMILES string of the molecule is COC(=O)C=CN1CCCC1C. The van der Waals surface area contributed by atoms with Gasteiger partial charge < -0.3 is 9.64 Å². The quantitative estimate of drug-likeness (QED) is 0.459. The Hall–Kier alpha value is -0.990. The van der Waals surface area contributed by atoms with E-state index >= 15 is 0 Å². The molecular weight excluding hydrogens is 154 g/mol. The second kappa shape index (κ2) is 4.14. The highest BCUT2D eigenvalue weighted by molar-refractivity contribution is 5.81. The van der Waals surface area contributed by atoms with Crippen LogP contribution in [-0.4, -0.2) is 30.6 Å². The van der Waals surface area contributed by atoms with Crippen molar-refractivity contribution in [1.82, 2.24) is 4.90 Å². The van der Waals surface area contributed by atoms with E-state index in [-0.39, 0.29) is 5.97 Å². The van der Waals surface area contributed by atoms with E-state index in [0.29, 0.717) is 6.04 Å². The number of hydrogen-bond donors (Lipinski definition) is 0. The molecular formula is C9H15NO2. The smallest absolute Gasteiger partial charge is 0.331 e. The summed E-state index contributed by atoms with van der Waals surface area (Å²) < 4.78 is 4.49. The number of ether oxygens (including phenoxy) is 1. The van der Waals surface area contributed by atoms with Crippen LogP contribution in [0.5, 0.6) is 0 Å². The van der Waals surface area contributed by atoms with Crippen molar-refractivity contribution in [1.29, 1.82) is 0 Å². The van der Waals surface area contributed by atoms with Crippen LogP contribution in [0.3, 0.4) is 0 Å². The highest BCUT2D eigenvalue weighted by atomic mass is 16.5. The summed E-state index contributed by atoms with van der Waals surface area (Å²) in [4.78, 5) is 12.9. The maximum atomic E-state index is 10.7. The maximum absolute atomic E-state index is 10.7. The number of hydrogen-bond acceptors (Lipinski definition) is 3. The number of nitrogens with zero attached hydrogens (tertiary/aromatic N) is 1. The Bertz CT molecular complexity index is 189. The minimum Gasteiger partial charge on any atom is -0.466 e. The molecule has 0 spiro atoms. The number of methoxy groups -OCH3 is 1. The molecule has 0 N–H and O–H groups in total. The van der Waals surface area contributed by atoms with E-state index in [1.165, 1.54) is 26.0 Å². The fourth-order valence-corrected chi connectivity index (χ4v) is 1.40. The molecule has 68 valence electrons. The maximum Gasteiger partial charge on any atom is 0.331 e. The average Bonchev–Trinajstić information content (AvgIpc) is 2.47. The van der Waals surface area contributed by atoms with Crippen LogP contribution >= 0.6 is 0 Å². The number of likely N-dealkylation sites (tertiary alicyclic amines) is 1. The van der Waals surface area contributed by atoms with Crippen LogP contribution < -0.4 is 0 Å². The van der Waals surface area contributed by atoms with Crippen molar-refractivity contribution in [3.63, 3.8) is 0 Å². The molecule has 0 aromatic carbocycles. The molecule has 1 unspecified atom stereocenters. The largest absolute Gasteiger partial charge is 0.466 e. The Labute approximate surface area is 73.0 Å². The minimum atomic E-state index is -0.283. The van der Waals surface area contributed by atoms with E-state index in [1.54, 1.807) is 0 Å². The predicted molar refractivity (Wildman–Crippen MR) is 46.6 cm³/mol. The summed E-state index contributed by atoms with van der Waals surface area (Å²) >= 11 is 0. The first-order valence-corrected chi connectivity index (χ1v) is 4.26. The third-order valence-electron chi connectivity index (χ3n) is 2.21. The molecule has 1 saturated heterocycles. The Kier molecular flexibility index (Phi) is 3.14. The van der Waals surface area contributed by atoms with Gasteiger partial charge in [0.05, 0.1) is 7.11 Å². The first kappa shape index (κ1) is 9.10. The van der Waals surface area contributed by atoms with Crippen LogP contribution in [-0.2, 0) is 9.53 Å². The highest BCUT2D eigenvalue weighted by Gasteiger charge is 2.16. The predicted octanol–water partition coefficient (Wildman–Crippen LogP) is 1.16. The van der Waals surface area contributed by atoms with E-state index < -0.39 is 0 Å². The number of carbonyl (C=O) groups excluding carboxylic acids is 1. The van der Waals surface area contributed by atoms with E-state index in [2.05, 4.69) is 16.6 Å². The van der Waals surface area contributed by atoms with Crippen molar-refractivity contribution < 1.29 is 9.53 Å². The van der Waals surface area contributed by atoms with Crippen molar-refractivity contribution in [2.45, 2.75) is 25.8 Å². The van der Waals surface area contributed by atoms with Crippen LogP contribution in [0, 0.1) is 0 Å². The molecule has 0 bridgehead atoms. The van der Waals surface area contributed by atoms with Gasteiger partial charge in [0.15, 0.2) is 0 Å². The molecule has 3 nitrogen and oxygen atoms in total. The zero-order chi connectivity index (χ0) is 8.97. The van der Waals surface area contributed by atoms with Crippen LogP contribution in [0.4, 0.5) is 0 Å². The zero-order valence-electron chi connectivity index (χ0n) is 7.62. The van der Waals surface area contributed by atoms with Crippen molar-refractivity contribution in [3.8, 4) is 0 Å². The molecule has 1 atom stereocenters. The Morgan fingerprint density at radius 3 is 2.92 bits per heavy atom. The lowest BCUT2D eigenvalue weighted by atomic mass is 10.2. The summed E-state index contributed by atoms with van der Waals surface area (Å²) in [5.41, 5.74) is 0. The van der Waals surface area contributed by atoms with Crippen molar-refractivity contribution in [2.75, 3.05) is 13.7 Å². The molecule has 0 aromatic rings. The van der Waals surface area contributed by atoms with Gasteiger partial charge in [-0.25, -0.2) is 4.79 Å². The van der Waals surface area contributed by atoms with E-state index in [1.807, 2.05) is 6.20 Å². The first-order chi connectivity index (χ1) is 5.74. The summed E-state index contributed by atoms with van der Waals surface area (Å²) in [6.45, 7) is 3.21. The van der Waals surface area contributed by atoms with Crippen molar-refractivity contribution >= 4 is 5.97 Å². The van der Waals surface area contributed by atoms with Crippen LogP contribution in [0.15, 0.2) is 12.3 Å². The third-order valence-corrected chi connectivity index (χ3v) is 2.21. The van der Waals surface area contributed by atoms with Gasteiger partial charge in [0, 0.05) is 24.9 Å². The topological polar surface area (TPSA) is 29.5 Å². The molecule has 1 rings (SSSR count). The van der Waals surface area contributed by atoms with Crippen molar-refractivity contribution in [2.24, 2.45) is 0 Å². The molecule has 12 heavy (non-hydrogen) atoms. The normalized spacial score (nSPS) is 23.5. The summed E-state index contributed by atoms with van der Waals surface area (Å²) in [6.07, 6.45) is 5.73.